The number of aliphatic carboxylic acids is 1. The maximum Gasteiger partial charge on any atom is 0.416 e. The molecule has 3 rings (SSSR count). The molecule has 160 valence electrons. The minimum atomic E-state index is -4.42. The number of carbonyl (C=O) groups is 1. The van der Waals surface area contributed by atoms with Crippen LogP contribution in [0.4, 0.5) is 13.2 Å². The van der Waals surface area contributed by atoms with Crippen molar-refractivity contribution in [1.29, 1.82) is 0 Å². The van der Waals surface area contributed by atoms with E-state index >= 15 is 0 Å². The number of benzene rings is 2. The zero-order valence-corrected chi connectivity index (χ0v) is 16.3. The molecule has 0 radical (unpaired) electrons. The second kappa shape index (κ2) is 9.34. The van der Waals surface area contributed by atoms with Crippen LogP contribution in [0.1, 0.15) is 36.2 Å². The molecular formula is C22H17F3N2O4. The summed E-state index contributed by atoms with van der Waals surface area (Å²) >= 11 is 0. The highest BCUT2D eigenvalue weighted by Gasteiger charge is 2.30. The van der Waals surface area contributed by atoms with Crippen molar-refractivity contribution in [3.8, 4) is 29.0 Å². The largest absolute Gasteiger partial charge is 0.485 e. The van der Waals surface area contributed by atoms with Crippen LogP contribution in [0.3, 0.4) is 0 Å². The van der Waals surface area contributed by atoms with Gasteiger partial charge in [-0.1, -0.05) is 23.2 Å². The highest BCUT2D eigenvalue weighted by Crippen LogP contribution is 2.30. The number of hydrogen-bond acceptors (Lipinski definition) is 5. The average Bonchev–Trinajstić information content (AvgIpc) is 3.21. The van der Waals surface area contributed by atoms with Crippen molar-refractivity contribution in [3.05, 3.63) is 65.5 Å². The van der Waals surface area contributed by atoms with Gasteiger partial charge < -0.3 is 14.4 Å². The molecule has 0 spiro atoms. The number of halogens is 3. The Hall–Kier alpha value is -3.80. The molecule has 6 nitrogen and oxygen atoms in total. The number of carboxylic acid groups (broad SMARTS) is 1. The van der Waals surface area contributed by atoms with Crippen LogP contribution < -0.4 is 4.74 Å². The number of aromatic nitrogens is 2. The first-order chi connectivity index (χ1) is 14.8. The molecule has 0 fully saturated rings. The third kappa shape index (κ3) is 5.85. The monoisotopic (exact) mass is 430 g/mol. The van der Waals surface area contributed by atoms with Gasteiger partial charge in [0, 0.05) is 5.56 Å². The second-order valence-electron chi connectivity index (χ2n) is 6.49. The van der Waals surface area contributed by atoms with Gasteiger partial charge >= 0.3 is 12.1 Å². The average molecular weight is 430 g/mol. The number of ether oxygens (including phenoxy) is 1. The van der Waals surface area contributed by atoms with E-state index in [4.69, 9.17) is 14.4 Å². The summed E-state index contributed by atoms with van der Waals surface area (Å²) in [6.07, 6.45) is -4.52. The Morgan fingerprint density at radius 3 is 2.42 bits per heavy atom. The Labute approximate surface area is 175 Å². The number of alkyl halides is 3. The molecule has 0 amide bonds. The Morgan fingerprint density at radius 2 is 1.84 bits per heavy atom. The van der Waals surface area contributed by atoms with Crippen LogP contribution in [0.25, 0.3) is 11.5 Å². The van der Waals surface area contributed by atoms with Crippen molar-refractivity contribution in [2.24, 2.45) is 0 Å². The number of nitrogens with zero attached hydrogens (tertiary/aromatic N) is 2. The zero-order chi connectivity index (χ0) is 22.4. The number of rotatable bonds is 7. The van der Waals surface area contributed by atoms with E-state index in [9.17, 15) is 18.0 Å². The van der Waals surface area contributed by atoms with Crippen LogP contribution in [-0.4, -0.2) is 21.2 Å². The standard InChI is InChI=1S/C22H17F3N2O4/c1-2-3-16(12-20(28)29)14-6-10-18(11-7-14)30-13-19-26-21(31-27-19)15-4-8-17(9-5-15)22(23,24)25/h4-11,16H,12-13H2,1H3,(H,28,29). The van der Waals surface area contributed by atoms with Gasteiger partial charge in [-0.25, -0.2) is 0 Å². The summed E-state index contributed by atoms with van der Waals surface area (Å²) in [5, 5.41) is 12.8. The lowest BCUT2D eigenvalue weighted by Gasteiger charge is -2.10. The van der Waals surface area contributed by atoms with E-state index in [1.807, 2.05) is 0 Å². The van der Waals surface area contributed by atoms with Gasteiger partial charge in [0.15, 0.2) is 6.61 Å². The molecule has 0 aliphatic heterocycles. The Kier molecular flexibility index (Phi) is 6.60. The van der Waals surface area contributed by atoms with Gasteiger partial charge in [-0.2, -0.15) is 18.2 Å². The van der Waals surface area contributed by atoms with Gasteiger partial charge in [0.2, 0.25) is 5.82 Å². The smallest absolute Gasteiger partial charge is 0.416 e. The molecule has 1 aromatic heterocycles. The van der Waals surface area contributed by atoms with Gasteiger partial charge in [0.25, 0.3) is 5.89 Å². The lowest BCUT2D eigenvalue weighted by atomic mass is 9.96. The molecule has 0 aliphatic rings. The van der Waals surface area contributed by atoms with Crippen molar-refractivity contribution in [2.75, 3.05) is 0 Å². The van der Waals surface area contributed by atoms with Crippen molar-refractivity contribution < 1.29 is 32.3 Å². The van der Waals surface area contributed by atoms with Crippen LogP contribution in [0.5, 0.6) is 5.75 Å². The first kappa shape index (κ1) is 21.9. The highest BCUT2D eigenvalue weighted by atomic mass is 19.4. The topological polar surface area (TPSA) is 85.5 Å². The third-order valence-corrected chi connectivity index (χ3v) is 4.27. The third-order valence-electron chi connectivity index (χ3n) is 4.27. The fourth-order valence-electron chi connectivity index (χ4n) is 2.78. The van der Waals surface area contributed by atoms with Gasteiger partial charge in [-0.15, -0.1) is 5.92 Å². The lowest BCUT2D eigenvalue weighted by molar-refractivity contribution is -0.138. The SMILES string of the molecule is CC#CC(CC(=O)O)c1ccc(OCc2noc(-c3ccc(C(F)(F)F)cc3)n2)cc1. The van der Waals surface area contributed by atoms with Crippen molar-refractivity contribution in [2.45, 2.75) is 32.0 Å². The molecule has 3 aromatic rings. The summed E-state index contributed by atoms with van der Waals surface area (Å²) in [4.78, 5) is 15.1. The van der Waals surface area contributed by atoms with E-state index in [1.54, 1.807) is 31.2 Å². The van der Waals surface area contributed by atoms with E-state index in [2.05, 4.69) is 22.0 Å². The van der Waals surface area contributed by atoms with Gasteiger partial charge in [-0.3, -0.25) is 4.79 Å². The minimum absolute atomic E-state index is 0.0171. The molecule has 0 saturated heterocycles. The predicted octanol–water partition coefficient (Wildman–Crippen LogP) is 4.92. The van der Waals surface area contributed by atoms with Crippen LogP contribution in [0.15, 0.2) is 53.1 Å². The van der Waals surface area contributed by atoms with Gasteiger partial charge in [0.05, 0.1) is 17.9 Å². The van der Waals surface area contributed by atoms with E-state index in [-0.39, 0.29) is 24.7 Å². The van der Waals surface area contributed by atoms with Crippen LogP contribution >= 0.6 is 0 Å². The first-order valence-corrected chi connectivity index (χ1v) is 9.13. The normalized spacial score (nSPS) is 12.0. The summed E-state index contributed by atoms with van der Waals surface area (Å²) in [6.45, 7) is 1.63. The Bertz CT molecular complexity index is 1090. The molecule has 2 aromatic carbocycles. The van der Waals surface area contributed by atoms with E-state index in [0.29, 0.717) is 11.3 Å². The maximum atomic E-state index is 12.7. The number of hydrogen-bond donors (Lipinski definition) is 1. The Morgan fingerprint density at radius 1 is 1.16 bits per heavy atom. The molecule has 1 N–H and O–H groups in total. The van der Waals surface area contributed by atoms with Gasteiger partial charge in [-0.05, 0) is 48.9 Å². The van der Waals surface area contributed by atoms with E-state index < -0.39 is 23.6 Å². The summed E-state index contributed by atoms with van der Waals surface area (Å²) < 4.78 is 48.6. The highest BCUT2D eigenvalue weighted by molar-refractivity contribution is 5.69. The molecule has 0 aliphatic carbocycles. The lowest BCUT2D eigenvalue weighted by Crippen LogP contribution is -2.04. The maximum absolute atomic E-state index is 12.7. The molecule has 1 heterocycles. The zero-order valence-electron chi connectivity index (χ0n) is 16.3. The van der Waals surface area contributed by atoms with Gasteiger partial charge in [0.1, 0.15) is 5.75 Å². The Balaban J connectivity index is 1.62. The molecule has 9 heteroatoms. The van der Waals surface area contributed by atoms with Crippen LogP contribution in [-0.2, 0) is 17.6 Å². The van der Waals surface area contributed by atoms with Crippen LogP contribution in [0, 0.1) is 11.8 Å². The summed E-state index contributed by atoms with van der Waals surface area (Å²) in [5.41, 5.74) is 0.351. The molecule has 1 atom stereocenters. The first-order valence-electron chi connectivity index (χ1n) is 9.13. The van der Waals surface area contributed by atoms with Crippen molar-refractivity contribution in [3.63, 3.8) is 0 Å². The summed E-state index contributed by atoms with van der Waals surface area (Å²) in [7, 11) is 0. The minimum Gasteiger partial charge on any atom is -0.485 e. The summed E-state index contributed by atoms with van der Waals surface area (Å²) in [6, 6.07) is 11.2. The van der Waals surface area contributed by atoms with E-state index in [0.717, 1.165) is 17.7 Å². The fourth-order valence-corrected chi connectivity index (χ4v) is 2.78. The van der Waals surface area contributed by atoms with Crippen LogP contribution in [0.2, 0.25) is 0 Å². The predicted molar refractivity (Wildman–Crippen MR) is 104 cm³/mol. The van der Waals surface area contributed by atoms with Crippen molar-refractivity contribution in [1.82, 2.24) is 10.1 Å². The summed E-state index contributed by atoms with van der Waals surface area (Å²) in [5.74, 6) is 5.06. The molecule has 31 heavy (non-hydrogen) atoms. The molecular weight excluding hydrogens is 413 g/mol. The second-order valence-corrected chi connectivity index (χ2v) is 6.49. The molecule has 0 bridgehead atoms. The molecule has 0 saturated carbocycles. The van der Waals surface area contributed by atoms with E-state index in [1.165, 1.54) is 12.1 Å². The number of carboxylic acids is 1. The van der Waals surface area contributed by atoms with Crippen molar-refractivity contribution >= 4 is 5.97 Å². The molecule has 1 unspecified atom stereocenters. The quantitative estimate of drug-likeness (QED) is 0.536. The fraction of sp³-hybridized carbons (Fsp3) is 0.227.